The summed E-state index contributed by atoms with van der Waals surface area (Å²) in [5.74, 6) is -0.112. The molecule has 1 heterocycles. The van der Waals surface area contributed by atoms with E-state index < -0.39 is 0 Å². The summed E-state index contributed by atoms with van der Waals surface area (Å²) >= 11 is 3.87. The molecule has 0 bridgehead atoms. The molecule has 0 saturated heterocycles. The Hall–Kier alpha value is -1.47. The fourth-order valence-corrected chi connectivity index (χ4v) is 3.09. The van der Waals surface area contributed by atoms with Crippen molar-refractivity contribution in [1.82, 2.24) is 4.98 Å². The van der Waals surface area contributed by atoms with Gasteiger partial charge in [-0.3, -0.25) is 4.79 Å². The molecule has 0 fully saturated rings. The summed E-state index contributed by atoms with van der Waals surface area (Å²) in [6, 6.07) is 13.3. The van der Waals surface area contributed by atoms with Gasteiger partial charge in [-0.25, -0.2) is 4.98 Å². The molecular formula is C15H11IN2OS. The number of hydrogen-bond donors (Lipinski definition) is 1. The Bertz CT molecular complexity index is 780. The first-order valence-corrected chi connectivity index (χ1v) is 7.95. The number of aromatic nitrogens is 1. The Morgan fingerprint density at radius 2 is 1.95 bits per heavy atom. The number of hydrogen-bond acceptors (Lipinski definition) is 3. The van der Waals surface area contributed by atoms with Gasteiger partial charge in [0.1, 0.15) is 0 Å². The van der Waals surface area contributed by atoms with Crippen molar-refractivity contribution in [3.63, 3.8) is 0 Å². The van der Waals surface area contributed by atoms with Crippen LogP contribution in [0.3, 0.4) is 0 Å². The maximum atomic E-state index is 12.2. The van der Waals surface area contributed by atoms with Crippen molar-refractivity contribution >= 4 is 55.7 Å². The van der Waals surface area contributed by atoms with Gasteiger partial charge in [0.2, 0.25) is 0 Å². The summed E-state index contributed by atoms with van der Waals surface area (Å²) < 4.78 is 2.24. The van der Waals surface area contributed by atoms with Crippen LogP contribution in [0.2, 0.25) is 0 Å². The third-order valence-corrected chi connectivity index (χ3v) is 4.53. The molecule has 3 nitrogen and oxygen atoms in total. The number of thiazole rings is 1. The zero-order chi connectivity index (χ0) is 14.1. The maximum Gasteiger partial charge on any atom is 0.255 e. The highest BCUT2D eigenvalue weighted by Gasteiger charge is 2.08. The van der Waals surface area contributed by atoms with Crippen molar-refractivity contribution in [2.75, 3.05) is 5.32 Å². The second-order valence-electron chi connectivity index (χ2n) is 4.38. The lowest BCUT2D eigenvalue weighted by Gasteiger charge is -2.05. The first kappa shape index (κ1) is 13.5. The lowest BCUT2D eigenvalue weighted by molar-refractivity contribution is 0.102. The third-order valence-electron chi connectivity index (χ3n) is 2.86. The van der Waals surface area contributed by atoms with E-state index in [1.807, 2.05) is 49.4 Å². The van der Waals surface area contributed by atoms with Crippen LogP contribution in [-0.4, -0.2) is 10.9 Å². The molecule has 1 N–H and O–H groups in total. The van der Waals surface area contributed by atoms with Gasteiger partial charge in [0.15, 0.2) is 0 Å². The van der Waals surface area contributed by atoms with Gasteiger partial charge in [-0.1, -0.05) is 0 Å². The van der Waals surface area contributed by atoms with Crippen LogP contribution in [0.1, 0.15) is 15.4 Å². The van der Waals surface area contributed by atoms with Crippen molar-refractivity contribution in [2.24, 2.45) is 0 Å². The van der Waals surface area contributed by atoms with Gasteiger partial charge in [-0.05, 0) is 72.0 Å². The van der Waals surface area contributed by atoms with Crippen LogP contribution >= 0.6 is 33.9 Å². The van der Waals surface area contributed by atoms with E-state index in [9.17, 15) is 4.79 Å². The van der Waals surface area contributed by atoms with Crippen molar-refractivity contribution in [3.8, 4) is 0 Å². The van der Waals surface area contributed by atoms with Gasteiger partial charge < -0.3 is 5.32 Å². The molecule has 0 aliphatic rings. The van der Waals surface area contributed by atoms with Gasteiger partial charge in [0.05, 0.1) is 15.2 Å². The van der Waals surface area contributed by atoms with Crippen LogP contribution in [0.5, 0.6) is 0 Å². The Morgan fingerprint density at radius 1 is 1.20 bits per heavy atom. The van der Waals surface area contributed by atoms with Crippen molar-refractivity contribution in [2.45, 2.75) is 6.92 Å². The highest BCUT2D eigenvalue weighted by Crippen LogP contribution is 2.23. The van der Waals surface area contributed by atoms with Crippen molar-refractivity contribution in [1.29, 1.82) is 0 Å². The number of carbonyl (C=O) groups is 1. The summed E-state index contributed by atoms with van der Waals surface area (Å²) in [5, 5.41) is 3.90. The number of amides is 1. The van der Waals surface area contributed by atoms with E-state index in [4.69, 9.17) is 0 Å². The number of fused-ring (bicyclic) bond motifs is 1. The van der Waals surface area contributed by atoms with Crippen LogP contribution in [0.4, 0.5) is 5.69 Å². The summed E-state index contributed by atoms with van der Waals surface area (Å²) in [5.41, 5.74) is 2.30. The predicted molar refractivity (Wildman–Crippen MR) is 91.5 cm³/mol. The fourth-order valence-electron chi connectivity index (χ4n) is 1.92. The zero-order valence-corrected chi connectivity index (χ0v) is 13.7. The molecule has 3 aromatic rings. The Labute approximate surface area is 134 Å². The van der Waals surface area contributed by atoms with E-state index in [2.05, 4.69) is 32.9 Å². The first-order valence-electron chi connectivity index (χ1n) is 6.06. The second kappa shape index (κ2) is 5.49. The maximum absolute atomic E-state index is 12.2. The summed E-state index contributed by atoms with van der Waals surface area (Å²) in [6.45, 7) is 1.97. The molecule has 3 rings (SSSR count). The van der Waals surface area contributed by atoms with Gasteiger partial charge in [-0.15, -0.1) is 11.3 Å². The molecule has 0 atom stereocenters. The predicted octanol–water partition coefficient (Wildman–Crippen LogP) is 4.46. The van der Waals surface area contributed by atoms with Gasteiger partial charge in [0.25, 0.3) is 5.91 Å². The zero-order valence-electron chi connectivity index (χ0n) is 10.7. The van der Waals surface area contributed by atoms with Crippen LogP contribution in [0.25, 0.3) is 10.2 Å². The molecule has 5 heteroatoms. The molecule has 0 saturated carbocycles. The minimum atomic E-state index is -0.112. The van der Waals surface area contributed by atoms with Gasteiger partial charge >= 0.3 is 0 Å². The average molecular weight is 394 g/mol. The summed E-state index contributed by atoms with van der Waals surface area (Å²) in [4.78, 5) is 16.6. The molecule has 0 unspecified atom stereocenters. The number of carbonyl (C=O) groups excluding carboxylic acids is 1. The van der Waals surface area contributed by atoms with E-state index in [1.165, 1.54) is 0 Å². The highest BCUT2D eigenvalue weighted by atomic mass is 127. The molecular weight excluding hydrogens is 383 g/mol. The van der Waals surface area contributed by atoms with Gasteiger partial charge in [-0.2, -0.15) is 0 Å². The van der Waals surface area contributed by atoms with Crippen LogP contribution in [-0.2, 0) is 0 Å². The fraction of sp³-hybridized carbons (Fsp3) is 0.0667. The van der Waals surface area contributed by atoms with E-state index in [0.29, 0.717) is 5.56 Å². The molecule has 0 spiro atoms. The number of rotatable bonds is 2. The third kappa shape index (κ3) is 2.83. The Kier molecular flexibility index (Phi) is 3.71. The standard InChI is InChI=1S/C15H11IN2OS/c1-9-17-13-8-10(2-7-14(13)20-9)15(19)18-12-5-3-11(16)4-6-12/h2-8H,1H3,(H,18,19). The molecule has 20 heavy (non-hydrogen) atoms. The number of halogens is 1. The van der Waals surface area contributed by atoms with E-state index >= 15 is 0 Å². The SMILES string of the molecule is Cc1nc2cc(C(=O)Nc3ccc(I)cc3)ccc2s1. The number of benzene rings is 2. The molecule has 1 aromatic heterocycles. The summed E-state index contributed by atoms with van der Waals surface area (Å²) in [7, 11) is 0. The highest BCUT2D eigenvalue weighted by molar-refractivity contribution is 14.1. The van der Waals surface area contributed by atoms with Crippen molar-refractivity contribution in [3.05, 3.63) is 56.6 Å². The van der Waals surface area contributed by atoms with Crippen LogP contribution < -0.4 is 5.32 Å². The molecule has 1 amide bonds. The van der Waals surface area contributed by atoms with Crippen LogP contribution in [0, 0.1) is 10.5 Å². The minimum absolute atomic E-state index is 0.112. The molecule has 0 aliphatic carbocycles. The minimum Gasteiger partial charge on any atom is -0.322 e. The van der Waals surface area contributed by atoms with Crippen LogP contribution in [0.15, 0.2) is 42.5 Å². The van der Waals surface area contributed by atoms with E-state index in [0.717, 1.165) is 24.5 Å². The molecule has 100 valence electrons. The van der Waals surface area contributed by atoms with Gasteiger partial charge in [0, 0.05) is 14.8 Å². The first-order chi connectivity index (χ1) is 9.61. The monoisotopic (exact) mass is 394 g/mol. The lowest BCUT2D eigenvalue weighted by atomic mass is 10.2. The van der Waals surface area contributed by atoms with E-state index in [1.54, 1.807) is 11.3 Å². The van der Waals surface area contributed by atoms with Crippen molar-refractivity contribution < 1.29 is 4.79 Å². The smallest absolute Gasteiger partial charge is 0.255 e. The lowest BCUT2D eigenvalue weighted by Crippen LogP contribution is -2.11. The number of anilines is 1. The Balaban J connectivity index is 1.86. The Morgan fingerprint density at radius 3 is 2.70 bits per heavy atom. The normalized spacial score (nSPS) is 10.7. The van der Waals surface area contributed by atoms with E-state index in [-0.39, 0.29) is 5.91 Å². The average Bonchev–Trinajstić information content (AvgIpc) is 2.80. The second-order valence-corrected chi connectivity index (χ2v) is 6.86. The quantitative estimate of drug-likeness (QED) is 0.652. The topological polar surface area (TPSA) is 42.0 Å². The molecule has 2 aromatic carbocycles. The summed E-state index contributed by atoms with van der Waals surface area (Å²) in [6.07, 6.45) is 0. The number of nitrogens with one attached hydrogen (secondary N) is 1. The molecule has 0 radical (unpaired) electrons. The number of nitrogens with zero attached hydrogens (tertiary/aromatic N) is 1. The largest absolute Gasteiger partial charge is 0.322 e. The molecule has 0 aliphatic heterocycles. The number of aryl methyl sites for hydroxylation is 1.